The number of methoxy groups -OCH3 is 1. The van der Waals surface area contributed by atoms with Crippen LogP contribution in [0.5, 0.6) is 0 Å². The Morgan fingerprint density at radius 3 is 2.50 bits per heavy atom. The average Bonchev–Trinajstić information content (AvgIpc) is 2.54. The molecule has 14 heavy (non-hydrogen) atoms. The van der Waals surface area contributed by atoms with Crippen molar-refractivity contribution in [2.24, 2.45) is 5.73 Å². The first-order valence-electron chi connectivity index (χ1n) is 3.87. The molecule has 3 N–H and O–H groups in total. The van der Waals surface area contributed by atoms with Crippen LogP contribution in [-0.4, -0.2) is 81.4 Å². The van der Waals surface area contributed by atoms with Gasteiger partial charge in [-0.2, -0.15) is 0 Å². The maximum absolute atomic E-state index is 10.7. The Labute approximate surface area is 138 Å². The number of nitrogens with one attached hydrogen (secondary N) is 1. The van der Waals surface area contributed by atoms with Crippen LogP contribution in [0.2, 0.25) is 0 Å². The van der Waals surface area contributed by atoms with E-state index in [-0.39, 0.29) is 67.7 Å². The van der Waals surface area contributed by atoms with Crippen LogP contribution in [0.1, 0.15) is 12.8 Å². The van der Waals surface area contributed by atoms with Gasteiger partial charge in [0.2, 0.25) is 0 Å². The van der Waals surface area contributed by atoms with E-state index in [9.17, 15) is 4.79 Å². The van der Waals surface area contributed by atoms with E-state index in [2.05, 4.69) is 34.9 Å². The zero-order valence-corrected chi connectivity index (χ0v) is 9.16. The first-order chi connectivity index (χ1) is 6.07. The van der Waals surface area contributed by atoms with Crippen LogP contribution in [0.15, 0.2) is 0 Å². The minimum atomic E-state index is -0.132. The molecule has 0 saturated carbocycles. The zero-order chi connectivity index (χ0) is 10.3. The van der Waals surface area contributed by atoms with E-state index in [1.54, 1.807) is 0 Å². The summed E-state index contributed by atoms with van der Waals surface area (Å²) >= 11 is 7.65. The van der Waals surface area contributed by atoms with E-state index >= 15 is 0 Å². The quantitative estimate of drug-likeness (QED) is 0.255. The summed E-state index contributed by atoms with van der Waals surface area (Å²) in [4.78, 5) is 10.7. The van der Waals surface area contributed by atoms with Crippen LogP contribution >= 0.6 is 24.8 Å². The summed E-state index contributed by atoms with van der Waals surface area (Å²) in [6.07, 6.45) is 2.01. The third-order valence-electron chi connectivity index (χ3n) is 1.55. The van der Waals surface area contributed by atoms with Gasteiger partial charge < -0.3 is 15.8 Å². The Bertz CT molecular complexity index is 183. The molecule has 0 unspecified atom stereocenters. The van der Waals surface area contributed by atoms with Gasteiger partial charge in [0.25, 0.3) is 0 Å². The first kappa shape index (κ1) is 17.7. The number of nitrogens with two attached hydrogens (primary N) is 1. The normalized spacial score (nSPS) is 18.6. The molecule has 78 valence electrons. The number of ether oxygens (including phenoxy) is 1. The van der Waals surface area contributed by atoms with Crippen molar-refractivity contribution in [2.45, 2.75) is 18.9 Å². The molecule has 0 aromatic heterocycles. The SMILES string of the molecule is COC(=O)[C@@H]1CCCN1.NC(=S)S.[KH]. The van der Waals surface area contributed by atoms with E-state index in [1.807, 2.05) is 0 Å². The summed E-state index contributed by atoms with van der Waals surface area (Å²) in [7, 11) is 1.42. The van der Waals surface area contributed by atoms with Gasteiger partial charge >= 0.3 is 57.4 Å². The Hall–Kier alpha value is 1.31. The van der Waals surface area contributed by atoms with Gasteiger partial charge in [-0.25, -0.2) is 0 Å². The molecule has 1 rings (SSSR count). The fraction of sp³-hybridized carbons (Fsp3) is 0.714. The monoisotopic (exact) mass is 262 g/mol. The van der Waals surface area contributed by atoms with Gasteiger partial charge in [-0.05, 0) is 19.4 Å². The van der Waals surface area contributed by atoms with Crippen molar-refractivity contribution >= 4 is 86.5 Å². The fourth-order valence-corrected chi connectivity index (χ4v) is 1.03. The van der Waals surface area contributed by atoms with Crippen LogP contribution < -0.4 is 11.1 Å². The molecular weight excluding hydrogens is 247 g/mol. The van der Waals surface area contributed by atoms with Gasteiger partial charge in [0.1, 0.15) is 10.4 Å². The van der Waals surface area contributed by atoms with Crippen molar-refractivity contribution in [3.8, 4) is 0 Å². The Kier molecular flexibility index (Phi) is 13.7. The maximum atomic E-state index is 10.7. The predicted molar refractivity (Wildman–Crippen MR) is 66.0 cm³/mol. The van der Waals surface area contributed by atoms with Gasteiger partial charge in [0.15, 0.2) is 0 Å². The van der Waals surface area contributed by atoms with Gasteiger partial charge in [-0.1, -0.05) is 12.2 Å². The minimum absolute atomic E-state index is 0. The van der Waals surface area contributed by atoms with E-state index in [1.165, 1.54) is 7.11 Å². The van der Waals surface area contributed by atoms with Gasteiger partial charge in [0.05, 0.1) is 7.11 Å². The Morgan fingerprint density at radius 2 is 2.21 bits per heavy atom. The summed E-state index contributed by atoms with van der Waals surface area (Å²) in [5, 5.41) is 3.03. The van der Waals surface area contributed by atoms with Gasteiger partial charge in [-0.3, -0.25) is 4.79 Å². The zero-order valence-electron chi connectivity index (χ0n) is 7.45. The van der Waals surface area contributed by atoms with Crippen LogP contribution in [0, 0.1) is 0 Å². The van der Waals surface area contributed by atoms with Crippen LogP contribution in [0.25, 0.3) is 0 Å². The van der Waals surface area contributed by atoms with Crippen molar-refractivity contribution in [3.05, 3.63) is 0 Å². The second-order valence-corrected chi connectivity index (χ2v) is 3.73. The topological polar surface area (TPSA) is 64.3 Å². The molecule has 0 radical (unpaired) electrons. The molecular formula is C7H15KN2O2S2. The molecule has 0 spiro atoms. The summed E-state index contributed by atoms with van der Waals surface area (Å²) in [6.45, 7) is 0.944. The molecule has 7 heteroatoms. The predicted octanol–water partition coefficient (Wildman–Crippen LogP) is -0.577. The van der Waals surface area contributed by atoms with E-state index in [0.29, 0.717) is 0 Å². The molecule has 1 fully saturated rings. The molecule has 1 aliphatic rings. The third kappa shape index (κ3) is 9.85. The van der Waals surface area contributed by atoms with Crippen molar-refractivity contribution in [3.63, 3.8) is 0 Å². The van der Waals surface area contributed by atoms with Crippen molar-refractivity contribution in [1.29, 1.82) is 0 Å². The van der Waals surface area contributed by atoms with Crippen molar-refractivity contribution < 1.29 is 9.53 Å². The van der Waals surface area contributed by atoms with Crippen molar-refractivity contribution in [1.82, 2.24) is 5.32 Å². The number of esters is 1. The summed E-state index contributed by atoms with van der Waals surface area (Å²) < 4.78 is 4.73. The summed E-state index contributed by atoms with van der Waals surface area (Å²) in [5.74, 6) is -0.132. The number of hydrogen-bond acceptors (Lipinski definition) is 4. The van der Waals surface area contributed by atoms with Crippen LogP contribution in [0.4, 0.5) is 0 Å². The second kappa shape index (κ2) is 10.8. The number of hydrogen-bond donors (Lipinski definition) is 3. The fourth-order valence-electron chi connectivity index (χ4n) is 1.03. The summed E-state index contributed by atoms with van der Waals surface area (Å²) in [5.41, 5.74) is 4.71. The number of thiol groups is 1. The Morgan fingerprint density at radius 1 is 1.71 bits per heavy atom. The van der Waals surface area contributed by atoms with Gasteiger partial charge in [0, 0.05) is 0 Å². The second-order valence-electron chi connectivity index (χ2n) is 2.51. The van der Waals surface area contributed by atoms with E-state index in [0.717, 1.165) is 19.4 Å². The number of thiocarbonyl (C=S) groups is 1. The summed E-state index contributed by atoms with van der Waals surface area (Å²) in [6, 6.07) is -0.0324. The molecule has 1 saturated heterocycles. The van der Waals surface area contributed by atoms with E-state index in [4.69, 9.17) is 5.73 Å². The first-order valence-corrected chi connectivity index (χ1v) is 4.73. The van der Waals surface area contributed by atoms with Crippen molar-refractivity contribution in [2.75, 3.05) is 13.7 Å². The molecule has 4 nitrogen and oxygen atoms in total. The molecule has 1 heterocycles. The molecule has 1 atom stereocenters. The Balaban J connectivity index is 0. The van der Waals surface area contributed by atoms with Crippen LogP contribution in [-0.2, 0) is 9.53 Å². The molecule has 0 aromatic carbocycles. The number of carbonyl (C=O) groups excluding carboxylic acids is 1. The third-order valence-corrected chi connectivity index (χ3v) is 1.55. The molecule has 1 aliphatic heterocycles. The average molecular weight is 262 g/mol. The number of rotatable bonds is 1. The van der Waals surface area contributed by atoms with E-state index < -0.39 is 0 Å². The molecule has 0 amide bonds. The molecule has 0 aromatic rings. The van der Waals surface area contributed by atoms with Gasteiger partial charge in [-0.15, -0.1) is 12.6 Å². The molecule has 0 aliphatic carbocycles. The molecule has 0 bridgehead atoms. The number of carbonyl (C=O) groups is 1. The van der Waals surface area contributed by atoms with Crippen LogP contribution in [0.3, 0.4) is 0 Å². The standard InChI is InChI=1S/C6H11NO2.CH3NS2.K.H/c1-9-6(8)5-3-2-4-7-5;2-1(3)4;;/h5,7H,2-4H2,1H3;(H3,2,3,4);;/t5-;;;/m0.../s1.